The zero-order valence-corrected chi connectivity index (χ0v) is 18.4. The quantitative estimate of drug-likeness (QED) is 0.725. The molecule has 2 amide bonds. The van der Waals surface area contributed by atoms with Crippen molar-refractivity contribution in [3.05, 3.63) is 65.2 Å². The van der Waals surface area contributed by atoms with E-state index in [0.717, 1.165) is 5.56 Å². The Morgan fingerprint density at radius 1 is 1.09 bits per heavy atom. The monoisotopic (exact) mass is 456 g/mol. The van der Waals surface area contributed by atoms with Crippen molar-refractivity contribution in [2.24, 2.45) is 5.16 Å². The Morgan fingerprint density at radius 3 is 2.48 bits per heavy atom. The van der Waals surface area contributed by atoms with E-state index in [2.05, 4.69) is 10.5 Å². The summed E-state index contributed by atoms with van der Waals surface area (Å²) in [4.78, 5) is 32.6. The largest absolute Gasteiger partial charge is 0.390 e. The van der Waals surface area contributed by atoms with Crippen LogP contribution >= 0.6 is 0 Å². The fourth-order valence-corrected chi connectivity index (χ4v) is 3.99. The van der Waals surface area contributed by atoms with Gasteiger partial charge in [0.15, 0.2) is 0 Å². The standard InChI is InChI=1S/C24H26F2N4O3/c1-16(31)27-15-20-14-22(28-33-20)18-4-7-23(21(26)13-18)29-8-10-30(11-9-29)24(32)12-17-2-5-19(25)6-3-17/h2-7,13,20H,8-12,14-15H2,1H3,(H,27,31). The summed E-state index contributed by atoms with van der Waals surface area (Å²) in [5.41, 5.74) is 2.55. The third-order valence-electron chi connectivity index (χ3n) is 5.83. The van der Waals surface area contributed by atoms with Crippen LogP contribution in [0.3, 0.4) is 0 Å². The van der Waals surface area contributed by atoms with E-state index < -0.39 is 0 Å². The molecule has 0 aliphatic carbocycles. The molecule has 2 aromatic carbocycles. The number of hydrogen-bond acceptors (Lipinski definition) is 5. The van der Waals surface area contributed by atoms with Crippen molar-refractivity contribution in [2.45, 2.75) is 25.9 Å². The fourth-order valence-electron chi connectivity index (χ4n) is 3.99. The first kappa shape index (κ1) is 22.7. The smallest absolute Gasteiger partial charge is 0.227 e. The molecule has 1 unspecified atom stereocenters. The number of carbonyl (C=O) groups excluding carboxylic acids is 2. The molecule has 2 heterocycles. The summed E-state index contributed by atoms with van der Waals surface area (Å²) in [6, 6.07) is 10.9. The van der Waals surface area contributed by atoms with Gasteiger partial charge in [0.25, 0.3) is 0 Å². The normalized spacial score (nSPS) is 18.0. The molecule has 0 bridgehead atoms. The molecule has 1 saturated heterocycles. The number of benzene rings is 2. The maximum absolute atomic E-state index is 14.9. The van der Waals surface area contributed by atoms with E-state index >= 15 is 0 Å². The van der Waals surface area contributed by atoms with Crippen molar-refractivity contribution in [1.82, 2.24) is 10.2 Å². The Balaban J connectivity index is 1.31. The Labute approximate surface area is 191 Å². The predicted molar refractivity (Wildman–Crippen MR) is 120 cm³/mol. The van der Waals surface area contributed by atoms with E-state index in [1.165, 1.54) is 25.1 Å². The van der Waals surface area contributed by atoms with Gasteiger partial charge in [0.05, 0.1) is 24.4 Å². The highest BCUT2D eigenvalue weighted by atomic mass is 19.1. The van der Waals surface area contributed by atoms with Crippen LogP contribution in [-0.4, -0.2) is 61.3 Å². The van der Waals surface area contributed by atoms with Gasteiger partial charge in [0.1, 0.15) is 17.7 Å². The van der Waals surface area contributed by atoms with Crippen LogP contribution in [0.25, 0.3) is 0 Å². The topological polar surface area (TPSA) is 74.2 Å². The number of nitrogens with zero attached hydrogens (tertiary/aromatic N) is 3. The summed E-state index contributed by atoms with van der Waals surface area (Å²) in [7, 11) is 0. The fraction of sp³-hybridized carbons (Fsp3) is 0.375. The van der Waals surface area contributed by atoms with E-state index in [4.69, 9.17) is 4.84 Å². The van der Waals surface area contributed by atoms with E-state index in [1.807, 2.05) is 11.0 Å². The lowest BCUT2D eigenvalue weighted by Crippen LogP contribution is -2.49. The van der Waals surface area contributed by atoms with Crippen LogP contribution in [0.15, 0.2) is 47.6 Å². The van der Waals surface area contributed by atoms with Crippen LogP contribution in [0.1, 0.15) is 24.5 Å². The van der Waals surface area contributed by atoms with Gasteiger partial charge in [0, 0.05) is 45.1 Å². The second-order valence-corrected chi connectivity index (χ2v) is 8.24. The number of amides is 2. The SMILES string of the molecule is CC(=O)NCC1CC(c2ccc(N3CCN(C(=O)Cc4ccc(F)cc4)CC3)c(F)c2)=NO1. The average molecular weight is 456 g/mol. The number of nitrogens with one attached hydrogen (secondary N) is 1. The summed E-state index contributed by atoms with van der Waals surface area (Å²) in [6.07, 6.45) is 0.455. The molecule has 1 atom stereocenters. The van der Waals surface area contributed by atoms with Gasteiger partial charge in [0.2, 0.25) is 11.8 Å². The van der Waals surface area contributed by atoms with Gasteiger partial charge in [-0.2, -0.15) is 0 Å². The van der Waals surface area contributed by atoms with Crippen LogP contribution in [-0.2, 0) is 20.8 Å². The Hall–Kier alpha value is -3.49. The molecule has 0 saturated carbocycles. The van der Waals surface area contributed by atoms with Crippen molar-refractivity contribution in [2.75, 3.05) is 37.6 Å². The highest BCUT2D eigenvalue weighted by Gasteiger charge is 2.25. The maximum Gasteiger partial charge on any atom is 0.227 e. The average Bonchev–Trinajstić information content (AvgIpc) is 3.28. The van der Waals surface area contributed by atoms with Gasteiger partial charge in [-0.05, 0) is 29.8 Å². The second kappa shape index (κ2) is 9.97. The number of hydrogen-bond donors (Lipinski definition) is 1. The van der Waals surface area contributed by atoms with Crippen LogP contribution in [0.4, 0.5) is 14.5 Å². The highest BCUT2D eigenvalue weighted by Crippen LogP contribution is 2.25. The molecule has 4 rings (SSSR count). The summed E-state index contributed by atoms with van der Waals surface area (Å²) < 4.78 is 28.0. The summed E-state index contributed by atoms with van der Waals surface area (Å²) in [5, 5.41) is 6.73. The lowest BCUT2D eigenvalue weighted by atomic mass is 10.0. The van der Waals surface area contributed by atoms with Gasteiger partial charge < -0.3 is 20.0 Å². The number of oxime groups is 1. The number of halogens is 2. The zero-order chi connectivity index (χ0) is 23.4. The van der Waals surface area contributed by atoms with Crippen molar-refractivity contribution >= 4 is 23.2 Å². The molecule has 1 N–H and O–H groups in total. The Kier molecular flexibility index (Phi) is 6.86. The molecule has 0 spiro atoms. The minimum atomic E-state index is -0.355. The van der Waals surface area contributed by atoms with Crippen LogP contribution < -0.4 is 10.2 Å². The molecule has 174 valence electrons. The van der Waals surface area contributed by atoms with Crippen molar-refractivity contribution in [1.29, 1.82) is 0 Å². The molecule has 2 aliphatic rings. The van der Waals surface area contributed by atoms with Crippen LogP contribution in [0, 0.1) is 11.6 Å². The van der Waals surface area contributed by atoms with E-state index in [9.17, 15) is 18.4 Å². The molecule has 0 radical (unpaired) electrons. The lowest BCUT2D eigenvalue weighted by Gasteiger charge is -2.36. The summed E-state index contributed by atoms with van der Waals surface area (Å²) in [5.74, 6) is -0.846. The molecule has 1 fully saturated rings. The van der Waals surface area contributed by atoms with Gasteiger partial charge in [-0.1, -0.05) is 23.4 Å². The first-order valence-electron chi connectivity index (χ1n) is 10.9. The van der Waals surface area contributed by atoms with E-state index in [1.54, 1.807) is 23.1 Å². The van der Waals surface area contributed by atoms with Crippen molar-refractivity contribution in [3.63, 3.8) is 0 Å². The van der Waals surface area contributed by atoms with Gasteiger partial charge in [-0.3, -0.25) is 9.59 Å². The van der Waals surface area contributed by atoms with Crippen LogP contribution in [0.5, 0.6) is 0 Å². The molecule has 33 heavy (non-hydrogen) atoms. The lowest BCUT2D eigenvalue weighted by molar-refractivity contribution is -0.130. The molecular weight excluding hydrogens is 430 g/mol. The van der Waals surface area contributed by atoms with Gasteiger partial charge in [-0.15, -0.1) is 0 Å². The molecule has 7 nitrogen and oxygen atoms in total. The third kappa shape index (κ3) is 5.66. The number of carbonyl (C=O) groups is 2. The Morgan fingerprint density at radius 2 is 1.82 bits per heavy atom. The maximum atomic E-state index is 14.9. The van der Waals surface area contributed by atoms with Crippen LogP contribution in [0.2, 0.25) is 0 Å². The summed E-state index contributed by atoms with van der Waals surface area (Å²) in [6.45, 7) is 3.82. The zero-order valence-electron chi connectivity index (χ0n) is 18.4. The third-order valence-corrected chi connectivity index (χ3v) is 5.83. The summed E-state index contributed by atoms with van der Waals surface area (Å²) >= 11 is 0. The number of piperazine rings is 1. The number of anilines is 1. The van der Waals surface area contributed by atoms with Crippen molar-refractivity contribution < 1.29 is 23.2 Å². The molecular formula is C24H26F2N4O3. The second-order valence-electron chi connectivity index (χ2n) is 8.24. The van der Waals surface area contributed by atoms with Crippen molar-refractivity contribution in [3.8, 4) is 0 Å². The van der Waals surface area contributed by atoms with Gasteiger partial charge >= 0.3 is 0 Å². The highest BCUT2D eigenvalue weighted by molar-refractivity contribution is 6.01. The number of rotatable bonds is 6. The Bertz CT molecular complexity index is 1050. The first-order chi connectivity index (χ1) is 15.9. The minimum Gasteiger partial charge on any atom is -0.390 e. The minimum absolute atomic E-state index is 0.0230. The van der Waals surface area contributed by atoms with E-state index in [0.29, 0.717) is 56.1 Å². The molecule has 9 heteroatoms. The molecule has 2 aliphatic heterocycles. The van der Waals surface area contributed by atoms with Gasteiger partial charge in [-0.25, -0.2) is 8.78 Å². The first-order valence-corrected chi connectivity index (χ1v) is 10.9. The molecule has 0 aromatic heterocycles. The molecule has 2 aromatic rings. The van der Waals surface area contributed by atoms with E-state index in [-0.39, 0.29) is 36.0 Å². The predicted octanol–water partition coefficient (Wildman–Crippen LogP) is 2.49.